The van der Waals surface area contributed by atoms with E-state index < -0.39 is 5.82 Å². The van der Waals surface area contributed by atoms with Crippen molar-refractivity contribution in [2.75, 3.05) is 31.2 Å². The molecule has 0 saturated carbocycles. The molecule has 2 rings (SSSR count). The monoisotopic (exact) mass is 251 g/mol. The van der Waals surface area contributed by atoms with Gasteiger partial charge in [0.05, 0.1) is 17.3 Å². The van der Waals surface area contributed by atoms with Crippen molar-refractivity contribution in [3.05, 3.63) is 24.0 Å². The Morgan fingerprint density at radius 3 is 3.06 bits per heavy atom. The molecule has 1 fully saturated rings. The van der Waals surface area contributed by atoms with Crippen LogP contribution in [0.15, 0.2) is 18.2 Å². The van der Waals surface area contributed by atoms with Crippen LogP contribution in [0.25, 0.3) is 0 Å². The quantitative estimate of drug-likeness (QED) is 0.786. The molecule has 1 aromatic rings. The largest absolute Gasteiger partial charge is 0.396 e. The maximum absolute atomic E-state index is 13.7. The number of hydrogen-bond acceptors (Lipinski definition) is 3. The minimum absolute atomic E-state index is 0.0496. The summed E-state index contributed by atoms with van der Waals surface area (Å²) in [6, 6.07) is 4.62. The van der Waals surface area contributed by atoms with Gasteiger partial charge in [0.25, 0.3) is 0 Å². The summed E-state index contributed by atoms with van der Waals surface area (Å²) in [5, 5.41) is 2.62. The summed E-state index contributed by atoms with van der Waals surface area (Å²) >= 11 is 0. The highest BCUT2D eigenvalue weighted by Crippen LogP contribution is 2.22. The Kier molecular flexibility index (Phi) is 3.81. The molecule has 0 aliphatic carbocycles. The number of benzene rings is 1. The Hall–Kier alpha value is -1.62. The van der Waals surface area contributed by atoms with Crippen LogP contribution in [0.2, 0.25) is 0 Å². The second kappa shape index (κ2) is 5.35. The summed E-state index contributed by atoms with van der Waals surface area (Å²) in [7, 11) is 1.99. The molecule has 1 heterocycles. The number of halogens is 1. The molecular formula is C13H18FN3O. The Labute approximate surface area is 106 Å². The van der Waals surface area contributed by atoms with Crippen LogP contribution in [0.5, 0.6) is 0 Å². The fraction of sp³-hybridized carbons (Fsp3) is 0.462. The first kappa shape index (κ1) is 12.8. The lowest BCUT2D eigenvalue weighted by Gasteiger charge is -2.28. The van der Waals surface area contributed by atoms with Gasteiger partial charge in [-0.25, -0.2) is 4.39 Å². The van der Waals surface area contributed by atoms with Crippen molar-refractivity contribution >= 4 is 17.3 Å². The van der Waals surface area contributed by atoms with E-state index in [1.165, 1.54) is 12.1 Å². The zero-order valence-electron chi connectivity index (χ0n) is 10.4. The number of carbonyl (C=O) groups is 1. The third-order valence-electron chi connectivity index (χ3n) is 3.28. The number of nitrogens with one attached hydrogen (secondary N) is 1. The first-order valence-electron chi connectivity index (χ1n) is 6.11. The van der Waals surface area contributed by atoms with E-state index in [0.717, 1.165) is 25.9 Å². The number of likely N-dealkylation sites (tertiary alicyclic amines) is 1. The lowest BCUT2D eigenvalue weighted by Crippen LogP contribution is -2.38. The summed E-state index contributed by atoms with van der Waals surface area (Å²) in [4.78, 5) is 14.1. The third kappa shape index (κ3) is 2.79. The van der Waals surface area contributed by atoms with Crippen molar-refractivity contribution in [3.63, 3.8) is 0 Å². The first-order valence-corrected chi connectivity index (χ1v) is 6.11. The fourth-order valence-electron chi connectivity index (χ4n) is 2.26. The SMILES string of the molecule is CN1CCCC(C(=O)Nc2cccc(N)c2F)C1. The maximum Gasteiger partial charge on any atom is 0.228 e. The molecule has 3 N–H and O–H groups in total. The van der Waals surface area contributed by atoms with Gasteiger partial charge in [-0.2, -0.15) is 0 Å². The molecule has 1 unspecified atom stereocenters. The highest BCUT2D eigenvalue weighted by atomic mass is 19.1. The normalized spacial score (nSPS) is 20.7. The predicted molar refractivity (Wildman–Crippen MR) is 69.7 cm³/mol. The topological polar surface area (TPSA) is 58.4 Å². The van der Waals surface area contributed by atoms with E-state index in [1.807, 2.05) is 7.05 Å². The van der Waals surface area contributed by atoms with Gasteiger partial charge in [-0.3, -0.25) is 4.79 Å². The average Bonchev–Trinajstić information content (AvgIpc) is 2.35. The first-order chi connectivity index (χ1) is 8.58. The van der Waals surface area contributed by atoms with E-state index in [4.69, 9.17) is 5.73 Å². The number of rotatable bonds is 2. The lowest BCUT2D eigenvalue weighted by molar-refractivity contribution is -0.121. The second-order valence-electron chi connectivity index (χ2n) is 4.80. The summed E-state index contributed by atoms with van der Waals surface area (Å²) in [6.45, 7) is 1.73. The van der Waals surface area contributed by atoms with Gasteiger partial charge in [-0.1, -0.05) is 6.07 Å². The number of carbonyl (C=O) groups excluding carboxylic acids is 1. The standard InChI is InChI=1S/C13H18FN3O/c1-17-7-3-4-9(8-17)13(18)16-11-6-2-5-10(15)12(11)14/h2,5-6,9H,3-4,7-8,15H2,1H3,(H,16,18). The summed E-state index contributed by atoms with van der Waals surface area (Å²) < 4.78 is 13.7. The summed E-state index contributed by atoms with van der Waals surface area (Å²) in [5.74, 6) is -0.773. The molecule has 0 spiro atoms. The molecule has 98 valence electrons. The number of piperidine rings is 1. The van der Waals surface area contributed by atoms with Crippen LogP contribution < -0.4 is 11.1 Å². The van der Waals surface area contributed by atoms with E-state index in [2.05, 4.69) is 10.2 Å². The van der Waals surface area contributed by atoms with Gasteiger partial charge in [-0.15, -0.1) is 0 Å². The number of anilines is 2. The molecule has 0 aromatic heterocycles. The molecule has 1 aliphatic heterocycles. The van der Waals surface area contributed by atoms with Gasteiger partial charge >= 0.3 is 0 Å². The van der Waals surface area contributed by atoms with E-state index in [0.29, 0.717) is 0 Å². The molecule has 1 aliphatic rings. The number of amides is 1. The number of nitrogens with two attached hydrogens (primary N) is 1. The van der Waals surface area contributed by atoms with Crippen molar-refractivity contribution in [3.8, 4) is 0 Å². The molecular weight excluding hydrogens is 233 g/mol. The zero-order chi connectivity index (χ0) is 13.1. The predicted octanol–water partition coefficient (Wildman–Crippen LogP) is 1.69. The van der Waals surface area contributed by atoms with Crippen LogP contribution in [0.1, 0.15) is 12.8 Å². The molecule has 5 heteroatoms. The van der Waals surface area contributed by atoms with E-state index in [1.54, 1.807) is 6.07 Å². The maximum atomic E-state index is 13.7. The molecule has 1 saturated heterocycles. The zero-order valence-corrected chi connectivity index (χ0v) is 10.4. The van der Waals surface area contributed by atoms with Crippen LogP contribution in [0.4, 0.5) is 15.8 Å². The molecule has 1 amide bonds. The van der Waals surface area contributed by atoms with Crippen molar-refractivity contribution in [1.29, 1.82) is 0 Å². The van der Waals surface area contributed by atoms with E-state index in [-0.39, 0.29) is 23.2 Å². The van der Waals surface area contributed by atoms with Crippen LogP contribution in [0.3, 0.4) is 0 Å². The van der Waals surface area contributed by atoms with E-state index in [9.17, 15) is 9.18 Å². The second-order valence-corrected chi connectivity index (χ2v) is 4.80. The van der Waals surface area contributed by atoms with Gasteiger partial charge in [0.15, 0.2) is 5.82 Å². The van der Waals surface area contributed by atoms with Gasteiger partial charge in [0.1, 0.15) is 0 Å². The molecule has 0 radical (unpaired) electrons. The Morgan fingerprint density at radius 1 is 1.56 bits per heavy atom. The fourth-order valence-corrected chi connectivity index (χ4v) is 2.26. The average molecular weight is 251 g/mol. The molecule has 18 heavy (non-hydrogen) atoms. The molecule has 0 bridgehead atoms. The summed E-state index contributed by atoms with van der Waals surface area (Å²) in [5.41, 5.74) is 5.67. The van der Waals surface area contributed by atoms with Crippen molar-refractivity contribution in [2.24, 2.45) is 5.92 Å². The molecule has 4 nitrogen and oxygen atoms in total. The third-order valence-corrected chi connectivity index (χ3v) is 3.28. The smallest absolute Gasteiger partial charge is 0.228 e. The van der Waals surface area contributed by atoms with Crippen molar-refractivity contribution in [1.82, 2.24) is 4.90 Å². The number of nitrogens with zero attached hydrogens (tertiary/aromatic N) is 1. The van der Waals surface area contributed by atoms with Crippen LogP contribution >= 0.6 is 0 Å². The van der Waals surface area contributed by atoms with Gasteiger partial charge < -0.3 is 16.0 Å². The van der Waals surface area contributed by atoms with Gasteiger partial charge in [0.2, 0.25) is 5.91 Å². The van der Waals surface area contributed by atoms with Gasteiger partial charge in [-0.05, 0) is 38.6 Å². The van der Waals surface area contributed by atoms with Crippen LogP contribution in [0, 0.1) is 11.7 Å². The van der Waals surface area contributed by atoms with Crippen LogP contribution in [-0.4, -0.2) is 30.9 Å². The molecule has 1 atom stereocenters. The Bertz CT molecular complexity index is 450. The minimum Gasteiger partial charge on any atom is -0.396 e. The highest BCUT2D eigenvalue weighted by molar-refractivity contribution is 5.93. The van der Waals surface area contributed by atoms with Gasteiger partial charge in [0, 0.05) is 6.54 Å². The van der Waals surface area contributed by atoms with E-state index >= 15 is 0 Å². The van der Waals surface area contributed by atoms with Crippen LogP contribution in [-0.2, 0) is 4.79 Å². The number of hydrogen-bond donors (Lipinski definition) is 2. The Balaban J connectivity index is 2.04. The van der Waals surface area contributed by atoms with Crippen molar-refractivity contribution < 1.29 is 9.18 Å². The molecule has 1 aromatic carbocycles. The lowest BCUT2D eigenvalue weighted by atomic mass is 9.97. The minimum atomic E-state index is -0.560. The highest BCUT2D eigenvalue weighted by Gasteiger charge is 2.24. The summed E-state index contributed by atoms with van der Waals surface area (Å²) in [6.07, 6.45) is 1.84. The van der Waals surface area contributed by atoms with Crippen molar-refractivity contribution in [2.45, 2.75) is 12.8 Å². The Morgan fingerprint density at radius 2 is 2.33 bits per heavy atom. The number of nitrogen functional groups attached to an aromatic ring is 1.